The van der Waals surface area contributed by atoms with E-state index in [1.165, 1.54) is 18.2 Å². The van der Waals surface area contributed by atoms with Crippen LogP contribution in [0.5, 0.6) is 11.5 Å². The first kappa shape index (κ1) is 21.2. The molecule has 31 heavy (non-hydrogen) atoms. The van der Waals surface area contributed by atoms with Crippen molar-refractivity contribution >= 4 is 16.7 Å². The van der Waals surface area contributed by atoms with E-state index in [4.69, 9.17) is 9.84 Å². The summed E-state index contributed by atoms with van der Waals surface area (Å²) in [5.41, 5.74) is 1.82. The SMILES string of the molecule is CC1(C)c2cc(OCC(O)CO)ccc2C(=O)c2c1[nH]c1cc(OC(F)(F)F)ccc21. The molecule has 4 rings (SSSR count). The van der Waals surface area contributed by atoms with Gasteiger partial charge in [0.1, 0.15) is 24.2 Å². The highest BCUT2D eigenvalue weighted by molar-refractivity contribution is 6.20. The van der Waals surface area contributed by atoms with E-state index in [0.717, 1.165) is 0 Å². The van der Waals surface area contributed by atoms with Gasteiger partial charge in [0.15, 0.2) is 5.78 Å². The van der Waals surface area contributed by atoms with E-state index in [1.54, 1.807) is 18.2 Å². The molecule has 0 saturated heterocycles. The van der Waals surface area contributed by atoms with Crippen LogP contribution in [0.25, 0.3) is 10.9 Å². The lowest BCUT2D eigenvalue weighted by Crippen LogP contribution is -2.30. The lowest BCUT2D eigenvalue weighted by molar-refractivity contribution is -0.274. The van der Waals surface area contributed by atoms with Crippen molar-refractivity contribution in [1.29, 1.82) is 0 Å². The van der Waals surface area contributed by atoms with Gasteiger partial charge in [0, 0.05) is 28.1 Å². The summed E-state index contributed by atoms with van der Waals surface area (Å²) in [5, 5.41) is 18.9. The molecule has 1 unspecified atom stereocenters. The number of alkyl halides is 3. The molecule has 6 nitrogen and oxygen atoms in total. The molecule has 9 heteroatoms. The molecule has 1 aromatic heterocycles. The van der Waals surface area contributed by atoms with Gasteiger partial charge in [-0.05, 0) is 35.9 Å². The minimum absolute atomic E-state index is 0.108. The van der Waals surface area contributed by atoms with Crippen LogP contribution in [-0.4, -0.2) is 46.7 Å². The predicted molar refractivity (Wildman–Crippen MR) is 106 cm³/mol. The Kier molecular flexibility index (Phi) is 4.98. The summed E-state index contributed by atoms with van der Waals surface area (Å²) in [5.74, 6) is -0.200. The van der Waals surface area contributed by atoms with E-state index in [-0.39, 0.29) is 18.1 Å². The Labute approximate surface area is 175 Å². The average Bonchev–Trinajstić information content (AvgIpc) is 3.09. The molecule has 0 spiro atoms. The number of ether oxygens (including phenoxy) is 2. The summed E-state index contributed by atoms with van der Waals surface area (Å²) in [7, 11) is 0. The highest BCUT2D eigenvalue weighted by Gasteiger charge is 2.40. The number of aromatic amines is 1. The number of aliphatic hydroxyl groups is 2. The van der Waals surface area contributed by atoms with Crippen LogP contribution < -0.4 is 9.47 Å². The number of fused-ring (bicyclic) bond motifs is 4. The Bertz CT molecular complexity index is 1170. The van der Waals surface area contributed by atoms with Crippen molar-refractivity contribution in [1.82, 2.24) is 4.98 Å². The molecule has 0 amide bonds. The van der Waals surface area contributed by atoms with Crippen LogP contribution >= 0.6 is 0 Å². The molecule has 3 aromatic rings. The number of carbonyl (C=O) groups is 1. The monoisotopic (exact) mass is 435 g/mol. The lowest BCUT2D eigenvalue weighted by atomic mass is 9.71. The average molecular weight is 435 g/mol. The van der Waals surface area contributed by atoms with Crippen LogP contribution in [0.3, 0.4) is 0 Å². The van der Waals surface area contributed by atoms with Gasteiger partial charge in [-0.15, -0.1) is 13.2 Å². The Morgan fingerprint density at radius 1 is 1.13 bits per heavy atom. The van der Waals surface area contributed by atoms with Gasteiger partial charge in [0.25, 0.3) is 0 Å². The molecule has 0 bridgehead atoms. The van der Waals surface area contributed by atoms with E-state index in [9.17, 15) is 23.1 Å². The lowest BCUT2D eigenvalue weighted by Gasteiger charge is -2.32. The Morgan fingerprint density at radius 2 is 1.84 bits per heavy atom. The maximum Gasteiger partial charge on any atom is 0.573 e. The van der Waals surface area contributed by atoms with E-state index in [2.05, 4.69) is 9.72 Å². The van der Waals surface area contributed by atoms with Crippen molar-refractivity contribution in [3.63, 3.8) is 0 Å². The fraction of sp³-hybridized carbons (Fsp3) is 0.318. The molecular formula is C22H20F3NO5. The van der Waals surface area contributed by atoms with Crippen LogP contribution in [0.2, 0.25) is 0 Å². The van der Waals surface area contributed by atoms with E-state index in [1.807, 2.05) is 13.8 Å². The van der Waals surface area contributed by atoms with Crippen molar-refractivity contribution in [2.75, 3.05) is 13.2 Å². The van der Waals surface area contributed by atoms with Crippen LogP contribution in [0.4, 0.5) is 13.2 Å². The van der Waals surface area contributed by atoms with Crippen molar-refractivity contribution in [2.24, 2.45) is 0 Å². The molecule has 1 atom stereocenters. The number of halogens is 3. The number of aliphatic hydroxyl groups excluding tert-OH is 2. The topological polar surface area (TPSA) is 91.8 Å². The fourth-order valence-corrected chi connectivity index (χ4v) is 3.92. The third kappa shape index (κ3) is 3.75. The molecule has 0 aliphatic heterocycles. The summed E-state index contributed by atoms with van der Waals surface area (Å²) in [6.45, 7) is 3.24. The summed E-state index contributed by atoms with van der Waals surface area (Å²) in [4.78, 5) is 16.4. The van der Waals surface area contributed by atoms with Gasteiger partial charge < -0.3 is 24.7 Å². The molecule has 3 N–H and O–H groups in total. The van der Waals surface area contributed by atoms with E-state index >= 15 is 0 Å². The molecule has 1 aliphatic rings. The van der Waals surface area contributed by atoms with Crippen molar-refractivity contribution < 1.29 is 37.7 Å². The van der Waals surface area contributed by atoms with Crippen LogP contribution in [0, 0.1) is 0 Å². The second-order valence-electron chi connectivity index (χ2n) is 7.94. The van der Waals surface area contributed by atoms with E-state index < -0.39 is 24.5 Å². The fourth-order valence-electron chi connectivity index (χ4n) is 3.92. The third-order valence-corrected chi connectivity index (χ3v) is 5.42. The van der Waals surface area contributed by atoms with Gasteiger partial charge in [-0.3, -0.25) is 4.79 Å². The van der Waals surface area contributed by atoms with Gasteiger partial charge in [0.2, 0.25) is 0 Å². The summed E-state index contributed by atoms with van der Waals surface area (Å²) >= 11 is 0. The molecule has 0 radical (unpaired) electrons. The Balaban J connectivity index is 1.77. The van der Waals surface area contributed by atoms with Gasteiger partial charge in [0.05, 0.1) is 17.7 Å². The predicted octanol–water partition coefficient (Wildman–Crippen LogP) is 3.67. The second-order valence-corrected chi connectivity index (χ2v) is 7.94. The second kappa shape index (κ2) is 7.28. The molecule has 164 valence electrons. The molecule has 2 aromatic carbocycles. The number of benzene rings is 2. The van der Waals surface area contributed by atoms with Gasteiger partial charge in [-0.25, -0.2) is 0 Å². The summed E-state index contributed by atoms with van der Waals surface area (Å²) < 4.78 is 47.2. The van der Waals surface area contributed by atoms with Crippen molar-refractivity contribution in [2.45, 2.75) is 31.7 Å². The van der Waals surface area contributed by atoms with Crippen molar-refractivity contribution in [3.8, 4) is 11.5 Å². The highest BCUT2D eigenvalue weighted by Crippen LogP contribution is 2.45. The summed E-state index contributed by atoms with van der Waals surface area (Å²) in [6.07, 6.45) is -5.84. The first-order valence-corrected chi connectivity index (χ1v) is 9.54. The van der Waals surface area contributed by atoms with Crippen LogP contribution in [0.1, 0.15) is 41.0 Å². The minimum Gasteiger partial charge on any atom is -0.491 e. The smallest absolute Gasteiger partial charge is 0.491 e. The van der Waals surface area contributed by atoms with Crippen LogP contribution in [-0.2, 0) is 5.41 Å². The number of H-pyrrole nitrogens is 1. The van der Waals surface area contributed by atoms with E-state index in [0.29, 0.717) is 39.0 Å². The largest absolute Gasteiger partial charge is 0.573 e. The maximum absolute atomic E-state index is 13.3. The first-order chi connectivity index (χ1) is 14.5. The van der Waals surface area contributed by atoms with Gasteiger partial charge in [-0.1, -0.05) is 13.8 Å². The number of nitrogens with one attached hydrogen (secondary N) is 1. The molecule has 1 heterocycles. The highest BCUT2D eigenvalue weighted by atomic mass is 19.4. The zero-order valence-electron chi connectivity index (χ0n) is 16.7. The summed E-state index contributed by atoms with van der Waals surface area (Å²) in [6, 6.07) is 8.78. The zero-order chi connectivity index (χ0) is 22.6. The quantitative estimate of drug-likeness (QED) is 0.569. The number of hydrogen-bond acceptors (Lipinski definition) is 5. The molecule has 1 aliphatic carbocycles. The first-order valence-electron chi connectivity index (χ1n) is 9.54. The van der Waals surface area contributed by atoms with Crippen LogP contribution in [0.15, 0.2) is 36.4 Å². The number of carbonyl (C=O) groups excluding carboxylic acids is 1. The normalized spacial score (nSPS) is 16.0. The molecule has 0 fully saturated rings. The minimum atomic E-state index is -4.81. The number of hydrogen-bond donors (Lipinski definition) is 3. The van der Waals surface area contributed by atoms with Gasteiger partial charge >= 0.3 is 6.36 Å². The Hall–Kier alpha value is -3.04. The zero-order valence-corrected chi connectivity index (χ0v) is 16.7. The van der Waals surface area contributed by atoms with Gasteiger partial charge in [-0.2, -0.15) is 0 Å². The molecule has 0 saturated carbocycles. The molecular weight excluding hydrogens is 415 g/mol. The standard InChI is InChI=1S/C22H20F3NO5/c1-21(2)16-7-12(30-10-11(28)9-27)3-5-14(16)19(29)18-15-6-4-13(31-22(23,24)25)8-17(15)26-20(18)21/h3-8,11,26-28H,9-10H2,1-2H3. The third-order valence-electron chi connectivity index (χ3n) is 5.42. The Morgan fingerprint density at radius 3 is 2.52 bits per heavy atom. The number of aromatic nitrogens is 1. The maximum atomic E-state index is 13.3. The number of rotatable bonds is 5. The van der Waals surface area contributed by atoms with Crippen molar-refractivity contribution in [3.05, 3.63) is 58.8 Å². The number of ketones is 1.